The zero-order chi connectivity index (χ0) is 9.97. The Morgan fingerprint density at radius 2 is 2.14 bits per heavy atom. The molecule has 3 N–H and O–H groups in total. The van der Waals surface area contributed by atoms with E-state index in [1.54, 1.807) is 0 Å². The van der Waals surface area contributed by atoms with Gasteiger partial charge < -0.3 is 11.1 Å². The summed E-state index contributed by atoms with van der Waals surface area (Å²) in [5, 5.41) is 3.38. The van der Waals surface area contributed by atoms with Crippen LogP contribution in [-0.4, -0.2) is 11.9 Å². The maximum atomic E-state index is 10.8. The number of carbonyl (C=O) groups is 1. The monoisotopic (exact) mass is 190 g/mol. The third kappa shape index (κ3) is 2.25. The molecule has 1 amide bonds. The van der Waals surface area contributed by atoms with Crippen molar-refractivity contribution < 1.29 is 4.79 Å². The molecule has 1 aromatic rings. The average molecular weight is 190 g/mol. The number of benzene rings is 1. The average Bonchev–Trinajstić information content (AvgIpc) is 2.91. The summed E-state index contributed by atoms with van der Waals surface area (Å²) in [5.41, 5.74) is 7.22. The van der Waals surface area contributed by atoms with Crippen molar-refractivity contribution in [3.63, 3.8) is 0 Å². The number of hydrogen-bond acceptors (Lipinski definition) is 2. The van der Waals surface area contributed by atoms with E-state index in [-0.39, 0.29) is 5.91 Å². The lowest BCUT2D eigenvalue weighted by Crippen LogP contribution is -2.15. The van der Waals surface area contributed by atoms with Crippen LogP contribution in [-0.2, 0) is 11.2 Å². The molecule has 0 heterocycles. The number of anilines is 1. The molecule has 2 rings (SSSR count). The van der Waals surface area contributed by atoms with Gasteiger partial charge >= 0.3 is 0 Å². The normalized spacial score (nSPS) is 15.1. The molecule has 3 nitrogen and oxygen atoms in total. The fourth-order valence-electron chi connectivity index (χ4n) is 1.45. The topological polar surface area (TPSA) is 55.1 Å². The molecule has 1 fully saturated rings. The highest BCUT2D eigenvalue weighted by Gasteiger charge is 2.21. The van der Waals surface area contributed by atoms with Crippen LogP contribution in [0, 0.1) is 0 Å². The second-order valence-electron chi connectivity index (χ2n) is 3.72. The minimum Gasteiger partial charge on any atom is -0.382 e. The molecule has 1 saturated carbocycles. The molecule has 0 spiro atoms. The van der Waals surface area contributed by atoms with Crippen LogP contribution in [0.25, 0.3) is 0 Å². The molecule has 0 aliphatic heterocycles. The summed E-state index contributed by atoms with van der Waals surface area (Å²) in [6.07, 6.45) is 2.77. The molecule has 0 aromatic heterocycles. The predicted molar refractivity (Wildman–Crippen MR) is 56.0 cm³/mol. The van der Waals surface area contributed by atoms with Crippen molar-refractivity contribution in [2.24, 2.45) is 5.73 Å². The van der Waals surface area contributed by atoms with Crippen LogP contribution in [0.3, 0.4) is 0 Å². The Labute approximate surface area is 83.3 Å². The van der Waals surface area contributed by atoms with Gasteiger partial charge in [0.25, 0.3) is 0 Å². The molecule has 1 aromatic carbocycles. The molecule has 0 bridgehead atoms. The SMILES string of the molecule is NC(=O)Cc1ccccc1NC1CC1. The van der Waals surface area contributed by atoms with Gasteiger partial charge in [-0.2, -0.15) is 0 Å². The van der Waals surface area contributed by atoms with Crippen LogP contribution < -0.4 is 11.1 Å². The van der Waals surface area contributed by atoms with Crippen LogP contribution in [0.1, 0.15) is 18.4 Å². The van der Waals surface area contributed by atoms with Gasteiger partial charge in [-0.1, -0.05) is 18.2 Å². The molecule has 74 valence electrons. The molecular weight excluding hydrogens is 176 g/mol. The Hall–Kier alpha value is -1.51. The maximum Gasteiger partial charge on any atom is 0.221 e. The number of carbonyl (C=O) groups excluding carboxylic acids is 1. The number of nitrogens with two attached hydrogens (primary N) is 1. The molecule has 3 heteroatoms. The molecule has 0 unspecified atom stereocenters. The van der Waals surface area contributed by atoms with Crippen molar-refractivity contribution in [1.29, 1.82) is 0 Å². The largest absolute Gasteiger partial charge is 0.382 e. The highest BCUT2D eigenvalue weighted by molar-refractivity contribution is 5.78. The third-order valence-electron chi connectivity index (χ3n) is 2.32. The van der Waals surface area contributed by atoms with Crippen molar-refractivity contribution in [2.75, 3.05) is 5.32 Å². The standard InChI is InChI=1S/C11H14N2O/c12-11(14)7-8-3-1-2-4-10(8)13-9-5-6-9/h1-4,9,13H,5-7H2,(H2,12,14). The van der Waals surface area contributed by atoms with Crippen LogP contribution in [0.5, 0.6) is 0 Å². The quantitative estimate of drug-likeness (QED) is 0.751. The second-order valence-corrected chi connectivity index (χ2v) is 3.72. The van der Waals surface area contributed by atoms with Crippen LogP contribution in [0.15, 0.2) is 24.3 Å². The summed E-state index contributed by atoms with van der Waals surface area (Å²) in [7, 11) is 0. The van der Waals surface area contributed by atoms with Gasteiger partial charge in [-0.05, 0) is 24.5 Å². The lowest BCUT2D eigenvalue weighted by atomic mass is 10.1. The Morgan fingerprint density at radius 3 is 2.79 bits per heavy atom. The highest BCUT2D eigenvalue weighted by atomic mass is 16.1. The van der Waals surface area contributed by atoms with E-state index >= 15 is 0 Å². The van der Waals surface area contributed by atoms with E-state index in [1.807, 2.05) is 24.3 Å². The summed E-state index contributed by atoms with van der Waals surface area (Å²) >= 11 is 0. The zero-order valence-corrected chi connectivity index (χ0v) is 7.99. The molecule has 0 saturated heterocycles. The van der Waals surface area contributed by atoms with Gasteiger partial charge in [0.05, 0.1) is 6.42 Å². The fourth-order valence-corrected chi connectivity index (χ4v) is 1.45. The molecular formula is C11H14N2O. The number of primary amides is 1. The van der Waals surface area contributed by atoms with Gasteiger partial charge in [-0.25, -0.2) is 0 Å². The van der Waals surface area contributed by atoms with E-state index in [0.29, 0.717) is 12.5 Å². The van der Waals surface area contributed by atoms with Crippen molar-refractivity contribution >= 4 is 11.6 Å². The highest BCUT2D eigenvalue weighted by Crippen LogP contribution is 2.26. The Balaban J connectivity index is 2.14. The van der Waals surface area contributed by atoms with E-state index in [9.17, 15) is 4.79 Å². The molecule has 14 heavy (non-hydrogen) atoms. The van der Waals surface area contributed by atoms with Crippen LogP contribution >= 0.6 is 0 Å². The first-order chi connectivity index (χ1) is 6.75. The van der Waals surface area contributed by atoms with Crippen LogP contribution in [0.2, 0.25) is 0 Å². The minimum absolute atomic E-state index is 0.282. The number of nitrogens with one attached hydrogen (secondary N) is 1. The Bertz CT molecular complexity index is 345. The summed E-state index contributed by atoms with van der Waals surface area (Å²) in [6.45, 7) is 0. The minimum atomic E-state index is -0.282. The molecule has 0 radical (unpaired) electrons. The summed E-state index contributed by atoms with van der Waals surface area (Å²) < 4.78 is 0. The van der Waals surface area contributed by atoms with Gasteiger partial charge in [-0.15, -0.1) is 0 Å². The maximum absolute atomic E-state index is 10.8. The van der Waals surface area contributed by atoms with Gasteiger partial charge in [0.15, 0.2) is 0 Å². The molecule has 1 aliphatic carbocycles. The molecule has 1 aliphatic rings. The van der Waals surface area contributed by atoms with Gasteiger partial charge in [0.2, 0.25) is 5.91 Å². The first-order valence-corrected chi connectivity index (χ1v) is 4.88. The van der Waals surface area contributed by atoms with Crippen molar-refractivity contribution in [3.8, 4) is 0 Å². The molecule has 0 atom stereocenters. The van der Waals surface area contributed by atoms with E-state index in [2.05, 4.69) is 5.32 Å². The van der Waals surface area contributed by atoms with Crippen molar-refractivity contribution in [3.05, 3.63) is 29.8 Å². The first kappa shape index (κ1) is 9.06. The lowest BCUT2D eigenvalue weighted by Gasteiger charge is -2.09. The third-order valence-corrected chi connectivity index (χ3v) is 2.32. The summed E-state index contributed by atoms with van der Waals surface area (Å²) in [5.74, 6) is -0.282. The number of rotatable bonds is 4. The van der Waals surface area contributed by atoms with Crippen molar-refractivity contribution in [2.45, 2.75) is 25.3 Å². The van der Waals surface area contributed by atoms with Gasteiger partial charge in [0, 0.05) is 11.7 Å². The lowest BCUT2D eigenvalue weighted by molar-refractivity contribution is -0.117. The van der Waals surface area contributed by atoms with E-state index in [0.717, 1.165) is 11.3 Å². The predicted octanol–water partition coefficient (Wildman–Crippen LogP) is 1.29. The number of amides is 1. The Morgan fingerprint density at radius 1 is 1.43 bits per heavy atom. The van der Waals surface area contributed by atoms with Gasteiger partial charge in [-0.3, -0.25) is 4.79 Å². The van der Waals surface area contributed by atoms with Gasteiger partial charge in [0.1, 0.15) is 0 Å². The fraction of sp³-hybridized carbons (Fsp3) is 0.364. The van der Waals surface area contributed by atoms with E-state index in [4.69, 9.17) is 5.73 Å². The Kier molecular flexibility index (Phi) is 2.39. The second kappa shape index (κ2) is 3.70. The summed E-state index contributed by atoms with van der Waals surface area (Å²) in [4.78, 5) is 10.8. The van der Waals surface area contributed by atoms with E-state index < -0.39 is 0 Å². The summed E-state index contributed by atoms with van der Waals surface area (Å²) in [6, 6.07) is 8.43. The number of para-hydroxylation sites is 1. The van der Waals surface area contributed by atoms with E-state index in [1.165, 1.54) is 12.8 Å². The van der Waals surface area contributed by atoms with Crippen molar-refractivity contribution in [1.82, 2.24) is 0 Å². The smallest absolute Gasteiger partial charge is 0.221 e. The van der Waals surface area contributed by atoms with Crippen LogP contribution in [0.4, 0.5) is 5.69 Å². The number of hydrogen-bond donors (Lipinski definition) is 2. The first-order valence-electron chi connectivity index (χ1n) is 4.88. The zero-order valence-electron chi connectivity index (χ0n) is 7.99.